The van der Waals surface area contributed by atoms with E-state index in [0.717, 1.165) is 22.5 Å². The predicted octanol–water partition coefficient (Wildman–Crippen LogP) is 5.08. The molecule has 3 aromatic rings. The molecular formula is C25H24N2O6S. The summed E-state index contributed by atoms with van der Waals surface area (Å²) >= 11 is 1.00. The van der Waals surface area contributed by atoms with Crippen LogP contribution in [0.3, 0.4) is 0 Å². The van der Waals surface area contributed by atoms with Gasteiger partial charge in [0.05, 0.1) is 12.2 Å². The number of anilines is 2. The molecule has 2 N–H and O–H groups in total. The average Bonchev–Trinajstić information content (AvgIpc) is 3.40. The Morgan fingerprint density at radius 2 is 1.71 bits per heavy atom. The van der Waals surface area contributed by atoms with Crippen LogP contribution in [-0.4, -0.2) is 31.2 Å². The van der Waals surface area contributed by atoms with Gasteiger partial charge in [-0.1, -0.05) is 6.07 Å². The maximum Gasteiger partial charge on any atom is 0.348 e. The summed E-state index contributed by atoms with van der Waals surface area (Å²) < 4.78 is 15.8. The Morgan fingerprint density at radius 1 is 0.941 bits per heavy atom. The van der Waals surface area contributed by atoms with E-state index >= 15 is 0 Å². The Labute approximate surface area is 200 Å². The molecule has 0 unspecified atom stereocenters. The largest absolute Gasteiger partial charge is 0.462 e. The van der Waals surface area contributed by atoms with Gasteiger partial charge in [-0.25, -0.2) is 4.79 Å². The lowest BCUT2D eigenvalue weighted by atomic mass is 10.1. The fourth-order valence-corrected chi connectivity index (χ4v) is 4.59. The number of hydrogen-bond donors (Lipinski definition) is 2. The summed E-state index contributed by atoms with van der Waals surface area (Å²) in [4.78, 5) is 39.0. The van der Waals surface area contributed by atoms with Crippen LogP contribution in [0.25, 0.3) is 0 Å². The maximum absolute atomic E-state index is 13.3. The number of amides is 2. The highest BCUT2D eigenvalue weighted by Gasteiger charge is 2.27. The topological polar surface area (TPSA) is 103 Å². The SMILES string of the molecule is CCOC(=O)c1sc(NC(=O)c2ccc3c(c2)OCO3)c(C(=O)Nc2ccc(C)c(C)c2)c1C. The molecule has 1 aliphatic heterocycles. The lowest BCUT2D eigenvalue weighted by molar-refractivity contribution is 0.0531. The molecule has 8 nitrogen and oxygen atoms in total. The summed E-state index contributed by atoms with van der Waals surface area (Å²) in [5.41, 5.74) is 3.72. The van der Waals surface area contributed by atoms with Crippen molar-refractivity contribution in [3.63, 3.8) is 0 Å². The molecule has 0 atom stereocenters. The summed E-state index contributed by atoms with van der Waals surface area (Å²) in [5, 5.41) is 5.90. The number of ether oxygens (including phenoxy) is 3. The molecular weight excluding hydrogens is 456 g/mol. The van der Waals surface area contributed by atoms with Crippen molar-refractivity contribution >= 4 is 39.8 Å². The first-order valence-electron chi connectivity index (χ1n) is 10.7. The number of aryl methyl sites for hydroxylation is 2. The van der Waals surface area contributed by atoms with Gasteiger partial charge in [-0.2, -0.15) is 0 Å². The van der Waals surface area contributed by atoms with Crippen molar-refractivity contribution in [2.24, 2.45) is 0 Å². The van der Waals surface area contributed by atoms with E-state index in [1.165, 1.54) is 0 Å². The van der Waals surface area contributed by atoms with E-state index in [4.69, 9.17) is 14.2 Å². The zero-order chi connectivity index (χ0) is 24.4. The van der Waals surface area contributed by atoms with Crippen LogP contribution in [0, 0.1) is 20.8 Å². The molecule has 34 heavy (non-hydrogen) atoms. The van der Waals surface area contributed by atoms with Gasteiger partial charge in [0.1, 0.15) is 9.88 Å². The lowest BCUT2D eigenvalue weighted by Gasteiger charge is -2.10. The fourth-order valence-electron chi connectivity index (χ4n) is 3.49. The summed E-state index contributed by atoms with van der Waals surface area (Å²) in [7, 11) is 0. The minimum Gasteiger partial charge on any atom is -0.462 e. The zero-order valence-electron chi connectivity index (χ0n) is 19.2. The van der Waals surface area contributed by atoms with Gasteiger partial charge in [0.25, 0.3) is 11.8 Å². The Morgan fingerprint density at radius 3 is 2.44 bits per heavy atom. The summed E-state index contributed by atoms with van der Waals surface area (Å²) in [5.74, 6) is -0.408. The van der Waals surface area contributed by atoms with Crippen molar-refractivity contribution in [1.82, 2.24) is 0 Å². The van der Waals surface area contributed by atoms with Crippen molar-refractivity contribution in [3.05, 3.63) is 69.1 Å². The smallest absolute Gasteiger partial charge is 0.348 e. The summed E-state index contributed by atoms with van der Waals surface area (Å²) in [6.07, 6.45) is 0. The molecule has 0 radical (unpaired) electrons. The molecule has 0 fully saturated rings. The second-order valence-electron chi connectivity index (χ2n) is 7.76. The maximum atomic E-state index is 13.3. The third-order valence-electron chi connectivity index (χ3n) is 5.46. The highest BCUT2D eigenvalue weighted by atomic mass is 32.1. The molecule has 1 aromatic heterocycles. The monoisotopic (exact) mass is 480 g/mol. The van der Waals surface area contributed by atoms with Crippen LogP contribution in [-0.2, 0) is 4.74 Å². The molecule has 9 heteroatoms. The molecule has 0 bridgehead atoms. The minimum absolute atomic E-state index is 0.0935. The van der Waals surface area contributed by atoms with Crippen LogP contribution in [0.1, 0.15) is 54.0 Å². The predicted molar refractivity (Wildman–Crippen MR) is 129 cm³/mol. The van der Waals surface area contributed by atoms with Gasteiger partial charge in [0, 0.05) is 11.3 Å². The number of carbonyl (C=O) groups excluding carboxylic acids is 3. The van der Waals surface area contributed by atoms with Gasteiger partial charge in [-0.05, 0) is 74.7 Å². The lowest BCUT2D eigenvalue weighted by Crippen LogP contribution is -2.18. The molecule has 0 aliphatic carbocycles. The number of esters is 1. The van der Waals surface area contributed by atoms with E-state index in [1.807, 2.05) is 26.0 Å². The van der Waals surface area contributed by atoms with Crippen molar-refractivity contribution in [1.29, 1.82) is 0 Å². The standard InChI is InChI=1S/C25H24N2O6S/c1-5-31-25(30)21-15(4)20(23(29)26-17-8-6-13(2)14(3)10-17)24(34-21)27-22(28)16-7-9-18-19(11-16)33-12-32-18/h6-11H,5,12H2,1-4H3,(H,26,29)(H,27,28). The molecule has 4 rings (SSSR count). The van der Waals surface area contributed by atoms with Crippen LogP contribution in [0.4, 0.5) is 10.7 Å². The van der Waals surface area contributed by atoms with Crippen molar-refractivity contribution in [2.45, 2.75) is 27.7 Å². The van der Waals surface area contributed by atoms with Gasteiger partial charge in [0.2, 0.25) is 6.79 Å². The van der Waals surface area contributed by atoms with Crippen molar-refractivity contribution in [2.75, 3.05) is 24.0 Å². The quantitative estimate of drug-likeness (QED) is 0.477. The second-order valence-corrected chi connectivity index (χ2v) is 8.78. The van der Waals surface area contributed by atoms with Crippen LogP contribution in [0.15, 0.2) is 36.4 Å². The van der Waals surface area contributed by atoms with E-state index in [1.54, 1.807) is 38.1 Å². The Balaban J connectivity index is 1.66. The van der Waals surface area contributed by atoms with Gasteiger partial charge < -0.3 is 24.8 Å². The number of fused-ring (bicyclic) bond motifs is 1. The second kappa shape index (κ2) is 9.56. The van der Waals surface area contributed by atoms with Crippen LogP contribution in [0.5, 0.6) is 11.5 Å². The van der Waals surface area contributed by atoms with E-state index in [-0.39, 0.29) is 28.8 Å². The molecule has 0 saturated heterocycles. The van der Waals surface area contributed by atoms with Gasteiger partial charge in [0.15, 0.2) is 11.5 Å². The highest BCUT2D eigenvalue weighted by Crippen LogP contribution is 2.36. The normalized spacial score (nSPS) is 11.8. The van der Waals surface area contributed by atoms with Gasteiger partial charge in [-0.15, -0.1) is 11.3 Å². The van der Waals surface area contributed by atoms with E-state index in [2.05, 4.69) is 10.6 Å². The number of thiophene rings is 1. The molecule has 0 spiro atoms. The molecule has 0 saturated carbocycles. The number of hydrogen-bond acceptors (Lipinski definition) is 7. The Kier molecular flexibility index (Phi) is 6.56. The van der Waals surface area contributed by atoms with Gasteiger partial charge in [-0.3, -0.25) is 9.59 Å². The summed E-state index contributed by atoms with van der Waals surface area (Å²) in [6.45, 7) is 7.59. The first-order valence-corrected chi connectivity index (χ1v) is 11.5. The van der Waals surface area contributed by atoms with Crippen molar-refractivity contribution in [3.8, 4) is 11.5 Å². The number of benzene rings is 2. The Bertz CT molecular complexity index is 1300. The zero-order valence-corrected chi connectivity index (χ0v) is 20.1. The number of rotatable bonds is 6. The minimum atomic E-state index is -0.547. The molecule has 1 aliphatic rings. The van der Waals surface area contributed by atoms with Crippen molar-refractivity contribution < 1.29 is 28.6 Å². The third-order valence-corrected chi connectivity index (χ3v) is 6.65. The molecule has 176 valence electrons. The fraction of sp³-hybridized carbons (Fsp3) is 0.240. The molecule has 2 heterocycles. The molecule has 2 aromatic carbocycles. The van der Waals surface area contributed by atoms with E-state index in [9.17, 15) is 14.4 Å². The molecule has 2 amide bonds. The number of nitrogens with one attached hydrogen (secondary N) is 2. The van der Waals surface area contributed by atoms with Crippen LogP contribution >= 0.6 is 11.3 Å². The van der Waals surface area contributed by atoms with Crippen LogP contribution in [0.2, 0.25) is 0 Å². The van der Waals surface area contributed by atoms with Crippen LogP contribution < -0.4 is 20.1 Å². The van der Waals surface area contributed by atoms with Gasteiger partial charge >= 0.3 is 5.97 Å². The highest BCUT2D eigenvalue weighted by molar-refractivity contribution is 7.18. The van der Waals surface area contributed by atoms with E-state index < -0.39 is 17.8 Å². The average molecular weight is 481 g/mol. The van der Waals surface area contributed by atoms with E-state index in [0.29, 0.717) is 28.3 Å². The number of carbonyl (C=O) groups is 3. The summed E-state index contributed by atoms with van der Waals surface area (Å²) in [6, 6.07) is 10.4. The first-order chi connectivity index (χ1) is 16.3. The Hall–Kier alpha value is -3.85. The first kappa shape index (κ1) is 23.3. The third kappa shape index (κ3) is 4.60.